The number of nitrogens with one attached hydrogen (secondary N) is 1. The second kappa shape index (κ2) is 10.4. The first-order chi connectivity index (χ1) is 19.5. The van der Waals surface area contributed by atoms with Gasteiger partial charge in [-0.2, -0.15) is 0 Å². The fourth-order valence-electron chi connectivity index (χ4n) is 6.00. The average Bonchev–Trinajstić information content (AvgIpc) is 2.91. The lowest BCUT2D eigenvalue weighted by Gasteiger charge is -2.46. The van der Waals surface area contributed by atoms with Crippen molar-refractivity contribution in [2.24, 2.45) is 17.6 Å². The highest BCUT2D eigenvalue weighted by Crippen LogP contribution is 2.53. The number of carbonyl (C=O) groups is 4. The molecule has 3 aliphatic carbocycles. The number of methoxy groups -OCH3 is 1. The van der Waals surface area contributed by atoms with Crippen molar-refractivity contribution < 1.29 is 49.1 Å². The Morgan fingerprint density at radius 3 is 2.41 bits per heavy atom. The number of anilines is 1. The van der Waals surface area contributed by atoms with Crippen LogP contribution in [0.5, 0.6) is 5.75 Å². The Kier molecular flexibility index (Phi) is 7.05. The van der Waals surface area contributed by atoms with Gasteiger partial charge in [-0.15, -0.1) is 0 Å². The Morgan fingerprint density at radius 2 is 1.76 bits per heavy atom. The van der Waals surface area contributed by atoms with Crippen LogP contribution < -0.4 is 11.1 Å². The van der Waals surface area contributed by atoms with Gasteiger partial charge in [-0.05, 0) is 53.6 Å². The summed E-state index contributed by atoms with van der Waals surface area (Å²) in [6, 6.07) is 9.78. The van der Waals surface area contributed by atoms with E-state index in [1.54, 1.807) is 30.3 Å². The quantitative estimate of drug-likeness (QED) is 0.223. The monoisotopic (exact) mass is 564 g/mol. The zero-order valence-corrected chi connectivity index (χ0v) is 22.0. The maximum atomic E-state index is 13.6. The van der Waals surface area contributed by atoms with Crippen molar-refractivity contribution in [1.82, 2.24) is 0 Å². The topological polar surface area (TPSA) is 206 Å². The second-order valence-corrected chi connectivity index (χ2v) is 10.2. The van der Waals surface area contributed by atoms with Crippen LogP contribution in [0.4, 0.5) is 10.5 Å². The standard InChI is InChI=1S/C29H28N2O10/c1-40-8-9-41-28(38)31-16-4-2-13(3-5-16)17-6-7-19(32)22-18(17)11-14-10-15-12-20(33)23(27(30)37)26(36)29(15,39)25(35)21(14)24(22)34/h2-7,14-15,32,34,36,39H,8-12H2,1H3,(H2,30,37)(H,31,38). The number of hydrogen-bond donors (Lipinski definition) is 6. The highest BCUT2D eigenvalue weighted by molar-refractivity contribution is 6.22. The van der Waals surface area contributed by atoms with E-state index < -0.39 is 64.5 Å². The van der Waals surface area contributed by atoms with Crippen LogP contribution in [0.15, 0.2) is 53.3 Å². The molecule has 0 spiro atoms. The minimum absolute atomic E-state index is 0.00134. The van der Waals surface area contributed by atoms with Gasteiger partial charge in [0, 0.05) is 30.7 Å². The van der Waals surface area contributed by atoms with Crippen LogP contribution in [-0.4, -0.2) is 69.9 Å². The number of phenols is 1. The van der Waals surface area contributed by atoms with E-state index in [-0.39, 0.29) is 42.9 Å². The van der Waals surface area contributed by atoms with Crippen molar-refractivity contribution >= 4 is 35.0 Å². The molecule has 1 saturated carbocycles. The molecule has 0 aliphatic heterocycles. The average molecular weight is 565 g/mol. The molecule has 3 atom stereocenters. The van der Waals surface area contributed by atoms with Crippen LogP contribution in [-0.2, 0) is 30.3 Å². The third-order valence-electron chi connectivity index (χ3n) is 7.91. The minimum Gasteiger partial charge on any atom is -0.508 e. The molecule has 5 rings (SSSR count). The zero-order chi connectivity index (χ0) is 29.6. The smallest absolute Gasteiger partial charge is 0.411 e. The summed E-state index contributed by atoms with van der Waals surface area (Å²) in [6.45, 7) is 0.355. The summed E-state index contributed by atoms with van der Waals surface area (Å²) in [5.74, 6) is -6.79. The molecule has 0 saturated heterocycles. The Bertz CT molecular complexity index is 1540. The van der Waals surface area contributed by atoms with Crippen LogP contribution in [0.2, 0.25) is 0 Å². The second-order valence-electron chi connectivity index (χ2n) is 10.2. The lowest BCUT2D eigenvalue weighted by molar-refractivity contribution is -0.147. The summed E-state index contributed by atoms with van der Waals surface area (Å²) in [5.41, 5.74) is 3.90. The van der Waals surface area contributed by atoms with Gasteiger partial charge in [0.15, 0.2) is 11.4 Å². The number of nitrogens with two attached hydrogens (primary N) is 1. The number of aliphatic hydroxyl groups excluding tert-OH is 2. The number of carbonyl (C=O) groups excluding carboxylic acids is 4. The van der Waals surface area contributed by atoms with E-state index in [0.717, 1.165) is 0 Å². The number of Topliss-reactive ketones (excluding diaryl/α,β-unsaturated/α-hetero) is 2. The number of phenolic OH excluding ortho intramolecular Hbond substituents is 1. The highest BCUT2D eigenvalue weighted by Gasteiger charge is 2.60. The molecule has 12 nitrogen and oxygen atoms in total. The summed E-state index contributed by atoms with van der Waals surface area (Å²) < 4.78 is 9.83. The number of fused-ring (bicyclic) bond motifs is 3. The number of rotatable bonds is 6. The van der Waals surface area contributed by atoms with Crippen molar-refractivity contribution in [2.75, 3.05) is 25.6 Å². The molecule has 0 aromatic heterocycles. The molecule has 2 aromatic rings. The number of aromatic hydroxyl groups is 1. The van der Waals surface area contributed by atoms with Crippen molar-refractivity contribution in [3.05, 3.63) is 64.4 Å². The Hall–Kier alpha value is -4.68. The van der Waals surface area contributed by atoms with E-state index in [4.69, 9.17) is 15.2 Å². The molecular formula is C29H28N2O10. The fraction of sp³-hybridized carbons (Fsp3) is 0.310. The van der Waals surface area contributed by atoms with Crippen LogP contribution in [0.25, 0.3) is 16.9 Å². The molecule has 0 heterocycles. The summed E-state index contributed by atoms with van der Waals surface area (Å²) in [4.78, 5) is 49.9. The van der Waals surface area contributed by atoms with Gasteiger partial charge < -0.3 is 35.6 Å². The molecule has 12 heteroatoms. The molecule has 3 unspecified atom stereocenters. The van der Waals surface area contributed by atoms with E-state index in [0.29, 0.717) is 22.4 Å². The van der Waals surface area contributed by atoms with Crippen LogP contribution in [0.3, 0.4) is 0 Å². The summed E-state index contributed by atoms with van der Waals surface area (Å²) in [7, 11) is 1.49. The highest BCUT2D eigenvalue weighted by atomic mass is 16.6. The van der Waals surface area contributed by atoms with Gasteiger partial charge in [0.25, 0.3) is 5.91 Å². The van der Waals surface area contributed by atoms with E-state index in [9.17, 15) is 39.6 Å². The van der Waals surface area contributed by atoms with Gasteiger partial charge in [-0.25, -0.2) is 4.79 Å². The number of amides is 2. The first-order valence-corrected chi connectivity index (χ1v) is 12.8. The summed E-state index contributed by atoms with van der Waals surface area (Å²) >= 11 is 0. The van der Waals surface area contributed by atoms with E-state index >= 15 is 0 Å². The van der Waals surface area contributed by atoms with Crippen LogP contribution in [0, 0.1) is 11.8 Å². The number of ketones is 2. The van der Waals surface area contributed by atoms with Gasteiger partial charge >= 0.3 is 6.09 Å². The van der Waals surface area contributed by atoms with E-state index in [2.05, 4.69) is 5.32 Å². The first-order valence-electron chi connectivity index (χ1n) is 12.8. The van der Waals surface area contributed by atoms with Gasteiger partial charge in [0.05, 0.1) is 12.2 Å². The van der Waals surface area contributed by atoms with Crippen molar-refractivity contribution in [3.63, 3.8) is 0 Å². The normalized spacial score (nSPS) is 23.5. The Balaban J connectivity index is 1.52. The summed E-state index contributed by atoms with van der Waals surface area (Å²) in [5, 5.41) is 46.6. The molecule has 214 valence electrons. The Labute approximate surface area is 233 Å². The lowest BCUT2D eigenvalue weighted by Crippen LogP contribution is -2.58. The maximum absolute atomic E-state index is 13.6. The maximum Gasteiger partial charge on any atom is 0.411 e. The van der Waals surface area contributed by atoms with Gasteiger partial charge in [-0.1, -0.05) is 18.2 Å². The summed E-state index contributed by atoms with van der Waals surface area (Å²) in [6.07, 6.45) is -0.834. The predicted octanol–water partition coefficient (Wildman–Crippen LogP) is 2.29. The lowest BCUT2D eigenvalue weighted by atomic mass is 9.59. The number of hydrogen-bond acceptors (Lipinski definition) is 10. The SMILES string of the molecule is COCCOC(=O)Nc1ccc(-c2ccc(O)c3c2CC2CC4CC(=O)C(C(N)=O)=C(O)C4(O)C(=O)C2=C3O)cc1. The van der Waals surface area contributed by atoms with Gasteiger partial charge in [-0.3, -0.25) is 19.7 Å². The van der Waals surface area contributed by atoms with Gasteiger partial charge in [0.1, 0.15) is 29.4 Å². The minimum atomic E-state index is -2.61. The molecule has 0 radical (unpaired) electrons. The van der Waals surface area contributed by atoms with Crippen LogP contribution in [0.1, 0.15) is 24.0 Å². The predicted molar refractivity (Wildman–Crippen MR) is 144 cm³/mol. The van der Waals surface area contributed by atoms with Crippen molar-refractivity contribution in [1.29, 1.82) is 0 Å². The van der Waals surface area contributed by atoms with E-state index in [1.807, 2.05) is 0 Å². The first kappa shape index (κ1) is 27.9. The van der Waals surface area contributed by atoms with Crippen LogP contribution >= 0.6 is 0 Å². The number of aliphatic hydroxyl groups is 3. The molecule has 7 N–H and O–H groups in total. The third kappa shape index (κ3) is 4.50. The molecular weight excluding hydrogens is 536 g/mol. The number of primary amides is 1. The van der Waals surface area contributed by atoms with E-state index in [1.165, 1.54) is 13.2 Å². The van der Waals surface area contributed by atoms with Crippen molar-refractivity contribution in [3.8, 4) is 16.9 Å². The molecule has 1 fully saturated rings. The largest absolute Gasteiger partial charge is 0.508 e. The zero-order valence-electron chi connectivity index (χ0n) is 22.0. The number of benzene rings is 2. The number of ether oxygens (including phenoxy) is 2. The molecule has 3 aliphatic rings. The Morgan fingerprint density at radius 1 is 1.05 bits per heavy atom. The van der Waals surface area contributed by atoms with Gasteiger partial charge in [0.2, 0.25) is 5.78 Å². The molecule has 0 bridgehead atoms. The molecule has 41 heavy (non-hydrogen) atoms. The molecule has 2 amide bonds. The third-order valence-corrected chi connectivity index (χ3v) is 7.91. The molecule has 2 aromatic carbocycles. The van der Waals surface area contributed by atoms with Crippen molar-refractivity contribution in [2.45, 2.75) is 24.9 Å². The fourth-order valence-corrected chi connectivity index (χ4v) is 6.00.